The highest BCUT2D eigenvalue weighted by Gasteiger charge is 2.04. The molecule has 0 spiro atoms. The summed E-state index contributed by atoms with van der Waals surface area (Å²) in [5, 5.41) is 8.94. The third-order valence-electron chi connectivity index (χ3n) is 1.61. The lowest BCUT2D eigenvalue weighted by atomic mass is 10.3. The Morgan fingerprint density at radius 3 is 2.71 bits per heavy atom. The van der Waals surface area contributed by atoms with E-state index < -0.39 is 11.9 Å². The zero-order valence-corrected chi connectivity index (χ0v) is 8.16. The molecule has 0 radical (unpaired) electrons. The van der Waals surface area contributed by atoms with Crippen LogP contribution in [0.1, 0.15) is 6.92 Å². The number of rotatable bonds is 4. The summed E-state index contributed by atoms with van der Waals surface area (Å²) in [7, 11) is 1.40. The van der Waals surface area contributed by atoms with Crippen molar-refractivity contribution in [3.63, 3.8) is 0 Å². The van der Waals surface area contributed by atoms with Crippen LogP contribution in [0.15, 0.2) is 18.2 Å². The number of methoxy groups -OCH3 is 1. The average Bonchev–Trinajstić information content (AvgIpc) is 2.15. The molecule has 0 aliphatic heterocycles. The number of hydrogen-bond acceptors (Lipinski definition) is 3. The molecule has 1 aromatic carbocycles. The summed E-state index contributed by atoms with van der Waals surface area (Å²) in [5.41, 5.74) is 0. The van der Waals surface area contributed by atoms with Crippen molar-refractivity contribution < 1.29 is 19.0 Å². The van der Waals surface area contributed by atoms with E-state index >= 15 is 0 Å². The fourth-order valence-corrected chi connectivity index (χ4v) is 0.954. The molecule has 14 heavy (non-hydrogen) atoms. The topological polar surface area (TPSA) is 38.7 Å². The van der Waals surface area contributed by atoms with Crippen molar-refractivity contribution in [2.24, 2.45) is 0 Å². The Hall–Kier alpha value is -1.29. The predicted molar refractivity (Wildman–Crippen MR) is 50.1 cm³/mol. The van der Waals surface area contributed by atoms with Crippen LogP contribution < -0.4 is 9.47 Å². The third-order valence-corrected chi connectivity index (χ3v) is 1.61. The Labute approximate surface area is 82.1 Å². The second-order valence-electron chi connectivity index (χ2n) is 2.96. The van der Waals surface area contributed by atoms with Crippen molar-refractivity contribution in [2.75, 3.05) is 13.7 Å². The lowest BCUT2D eigenvalue weighted by Gasteiger charge is -2.09. The van der Waals surface area contributed by atoms with Crippen LogP contribution in [-0.4, -0.2) is 24.9 Å². The van der Waals surface area contributed by atoms with Crippen LogP contribution in [0.2, 0.25) is 0 Å². The summed E-state index contributed by atoms with van der Waals surface area (Å²) < 4.78 is 23.0. The van der Waals surface area contributed by atoms with E-state index in [2.05, 4.69) is 0 Å². The maximum Gasteiger partial charge on any atom is 0.168 e. The Morgan fingerprint density at radius 1 is 1.50 bits per heavy atom. The van der Waals surface area contributed by atoms with Crippen molar-refractivity contribution in [3.05, 3.63) is 24.0 Å². The van der Waals surface area contributed by atoms with Crippen LogP contribution in [0.4, 0.5) is 4.39 Å². The second-order valence-corrected chi connectivity index (χ2v) is 2.96. The molecule has 0 unspecified atom stereocenters. The second kappa shape index (κ2) is 4.81. The van der Waals surface area contributed by atoms with Gasteiger partial charge in [-0.25, -0.2) is 4.39 Å². The van der Waals surface area contributed by atoms with Gasteiger partial charge in [-0.15, -0.1) is 0 Å². The molecule has 1 atom stereocenters. The van der Waals surface area contributed by atoms with Crippen molar-refractivity contribution in [1.82, 2.24) is 0 Å². The van der Waals surface area contributed by atoms with E-state index in [9.17, 15) is 4.39 Å². The van der Waals surface area contributed by atoms with E-state index in [1.54, 1.807) is 13.0 Å². The van der Waals surface area contributed by atoms with Gasteiger partial charge in [0.25, 0.3) is 0 Å². The largest absolute Gasteiger partial charge is 0.494 e. The zero-order valence-electron chi connectivity index (χ0n) is 8.16. The highest BCUT2D eigenvalue weighted by Crippen LogP contribution is 2.22. The number of benzene rings is 1. The first kappa shape index (κ1) is 10.8. The summed E-state index contributed by atoms with van der Waals surface area (Å²) in [4.78, 5) is 0. The summed E-state index contributed by atoms with van der Waals surface area (Å²) in [5.74, 6) is 0.0780. The van der Waals surface area contributed by atoms with E-state index in [0.29, 0.717) is 5.75 Å². The van der Waals surface area contributed by atoms with E-state index in [0.717, 1.165) is 0 Å². The van der Waals surface area contributed by atoms with Gasteiger partial charge in [0.2, 0.25) is 0 Å². The van der Waals surface area contributed by atoms with Crippen LogP contribution in [0.25, 0.3) is 0 Å². The van der Waals surface area contributed by atoms with Gasteiger partial charge in [-0.2, -0.15) is 0 Å². The molecule has 0 heterocycles. The summed E-state index contributed by atoms with van der Waals surface area (Å²) in [6, 6.07) is 4.29. The Bertz CT molecular complexity index is 299. The van der Waals surface area contributed by atoms with Crippen molar-refractivity contribution >= 4 is 0 Å². The van der Waals surface area contributed by atoms with Gasteiger partial charge in [0.1, 0.15) is 12.4 Å². The standard InChI is InChI=1S/C10H13FO3/c1-7(12)6-14-8-3-4-10(13-2)9(11)5-8/h3-5,7,12H,6H2,1-2H3/t7-/m1/s1. The zero-order chi connectivity index (χ0) is 10.6. The number of ether oxygens (including phenoxy) is 2. The lowest BCUT2D eigenvalue weighted by Crippen LogP contribution is -2.12. The van der Waals surface area contributed by atoms with Crippen molar-refractivity contribution in [3.8, 4) is 11.5 Å². The van der Waals surface area contributed by atoms with Crippen LogP contribution in [-0.2, 0) is 0 Å². The highest BCUT2D eigenvalue weighted by atomic mass is 19.1. The molecule has 0 bridgehead atoms. The van der Waals surface area contributed by atoms with Gasteiger partial charge >= 0.3 is 0 Å². The molecule has 1 N–H and O–H groups in total. The Kier molecular flexibility index (Phi) is 3.71. The average molecular weight is 200 g/mol. The molecule has 0 aliphatic carbocycles. The lowest BCUT2D eigenvalue weighted by molar-refractivity contribution is 0.122. The van der Waals surface area contributed by atoms with E-state index in [1.807, 2.05) is 0 Å². The minimum absolute atomic E-state index is 0.145. The molecule has 0 amide bonds. The maximum absolute atomic E-state index is 13.1. The van der Waals surface area contributed by atoms with Gasteiger partial charge < -0.3 is 14.6 Å². The van der Waals surface area contributed by atoms with Gasteiger partial charge in [0.05, 0.1) is 13.2 Å². The number of aliphatic hydroxyl groups excluding tert-OH is 1. The fourth-order valence-electron chi connectivity index (χ4n) is 0.954. The summed E-state index contributed by atoms with van der Waals surface area (Å²) >= 11 is 0. The molecule has 4 heteroatoms. The van der Waals surface area contributed by atoms with Gasteiger partial charge in [-0.3, -0.25) is 0 Å². The Morgan fingerprint density at radius 2 is 2.21 bits per heavy atom. The molecule has 78 valence electrons. The first-order valence-corrected chi connectivity index (χ1v) is 4.28. The quantitative estimate of drug-likeness (QED) is 0.802. The molecule has 1 aromatic rings. The molecule has 0 saturated carbocycles. The summed E-state index contributed by atoms with van der Waals surface area (Å²) in [6.07, 6.45) is -0.569. The molecule has 0 aliphatic rings. The SMILES string of the molecule is COc1ccc(OC[C@@H](C)O)cc1F. The molecule has 3 nitrogen and oxygen atoms in total. The van der Waals surface area contributed by atoms with Crippen LogP contribution >= 0.6 is 0 Å². The van der Waals surface area contributed by atoms with Crippen molar-refractivity contribution in [1.29, 1.82) is 0 Å². The van der Waals surface area contributed by atoms with Gasteiger partial charge in [-0.05, 0) is 19.1 Å². The first-order chi connectivity index (χ1) is 6.63. The monoisotopic (exact) mass is 200 g/mol. The molecule has 1 rings (SSSR count). The van der Waals surface area contributed by atoms with Crippen molar-refractivity contribution in [2.45, 2.75) is 13.0 Å². The smallest absolute Gasteiger partial charge is 0.168 e. The Balaban J connectivity index is 2.66. The van der Waals surface area contributed by atoms with Crippen LogP contribution in [0.3, 0.4) is 0 Å². The number of hydrogen-bond donors (Lipinski definition) is 1. The van der Waals surface area contributed by atoms with E-state index in [-0.39, 0.29) is 12.4 Å². The predicted octanol–water partition coefficient (Wildman–Crippen LogP) is 1.59. The number of aliphatic hydroxyl groups is 1. The van der Waals surface area contributed by atoms with Crippen LogP contribution in [0, 0.1) is 5.82 Å². The van der Waals surface area contributed by atoms with E-state index in [4.69, 9.17) is 14.6 Å². The van der Waals surface area contributed by atoms with Gasteiger partial charge in [-0.1, -0.05) is 0 Å². The van der Waals surface area contributed by atoms with E-state index in [1.165, 1.54) is 19.2 Å². The molecular weight excluding hydrogens is 187 g/mol. The third kappa shape index (κ3) is 2.88. The molecular formula is C10H13FO3. The minimum atomic E-state index is -0.569. The molecule has 0 aromatic heterocycles. The van der Waals surface area contributed by atoms with Gasteiger partial charge in [0.15, 0.2) is 11.6 Å². The first-order valence-electron chi connectivity index (χ1n) is 4.28. The van der Waals surface area contributed by atoms with Gasteiger partial charge in [0, 0.05) is 6.07 Å². The maximum atomic E-state index is 13.1. The molecule has 0 saturated heterocycles. The normalized spacial score (nSPS) is 12.3. The summed E-state index contributed by atoms with van der Waals surface area (Å²) in [6.45, 7) is 1.74. The highest BCUT2D eigenvalue weighted by molar-refractivity contribution is 5.32. The minimum Gasteiger partial charge on any atom is -0.494 e. The van der Waals surface area contributed by atoms with Crippen LogP contribution in [0.5, 0.6) is 11.5 Å². The fraction of sp³-hybridized carbons (Fsp3) is 0.400. The molecule has 0 fully saturated rings. The number of halogens is 1.